The summed E-state index contributed by atoms with van der Waals surface area (Å²) in [4.78, 5) is 17.0. The Morgan fingerprint density at radius 3 is 2.59 bits per heavy atom. The van der Waals surface area contributed by atoms with Gasteiger partial charge in [0.1, 0.15) is 10.6 Å². The van der Waals surface area contributed by atoms with Crippen LogP contribution in [0.1, 0.15) is 50.5 Å². The van der Waals surface area contributed by atoms with Gasteiger partial charge in [0.25, 0.3) is 0 Å². The highest BCUT2D eigenvalue weighted by Gasteiger charge is 2.32. The molecule has 2 heterocycles. The number of amides is 1. The minimum atomic E-state index is -3.65. The first-order valence-corrected chi connectivity index (χ1v) is 11.9. The van der Waals surface area contributed by atoms with Gasteiger partial charge >= 0.3 is 0 Å². The highest BCUT2D eigenvalue weighted by molar-refractivity contribution is 7.89. The molecule has 1 aromatic heterocycles. The summed E-state index contributed by atoms with van der Waals surface area (Å²) in [5, 5.41) is 3.78. The summed E-state index contributed by atoms with van der Waals surface area (Å²) in [5.41, 5.74) is 1.53. The fourth-order valence-corrected chi connectivity index (χ4v) is 5.96. The van der Waals surface area contributed by atoms with Crippen LogP contribution < -0.4 is 0 Å². The molecule has 1 amide bonds. The van der Waals surface area contributed by atoms with Gasteiger partial charge in [-0.15, -0.1) is 0 Å². The number of rotatable bonds is 6. The standard InChI is InChI=1S/C20H32N4O4S/c1-4-24(18-9-6-5-7-10-18)19(25)15-22-11-8-12-23(14-13-22)29(26,27)20-16(2)21-28-17(20)3/h9H,4-8,10-15H2,1-3H3. The second-order valence-corrected chi connectivity index (χ2v) is 9.64. The normalized spacial score (nSPS) is 19.6. The summed E-state index contributed by atoms with van der Waals surface area (Å²) in [6.45, 7) is 8.29. The molecule has 0 aromatic carbocycles. The zero-order valence-corrected chi connectivity index (χ0v) is 18.5. The number of carbonyl (C=O) groups excluding carboxylic acids is 1. The van der Waals surface area contributed by atoms with Crippen LogP contribution >= 0.6 is 0 Å². The van der Waals surface area contributed by atoms with Crippen LogP contribution in [0.25, 0.3) is 0 Å². The molecule has 9 heteroatoms. The zero-order chi connectivity index (χ0) is 21.0. The summed E-state index contributed by atoms with van der Waals surface area (Å²) in [7, 11) is -3.65. The van der Waals surface area contributed by atoms with Crippen molar-refractivity contribution in [2.45, 2.75) is 57.8 Å². The summed E-state index contributed by atoms with van der Waals surface area (Å²) < 4.78 is 32.7. The highest BCUT2D eigenvalue weighted by Crippen LogP contribution is 2.25. The van der Waals surface area contributed by atoms with Gasteiger partial charge in [-0.1, -0.05) is 11.2 Å². The number of carbonyl (C=O) groups is 1. The number of aryl methyl sites for hydroxylation is 2. The van der Waals surface area contributed by atoms with Crippen LogP contribution in [-0.4, -0.2) is 72.9 Å². The third kappa shape index (κ3) is 4.90. The Morgan fingerprint density at radius 2 is 1.97 bits per heavy atom. The quantitative estimate of drug-likeness (QED) is 0.696. The summed E-state index contributed by atoms with van der Waals surface area (Å²) in [6, 6.07) is 0. The van der Waals surface area contributed by atoms with E-state index in [0.717, 1.165) is 25.0 Å². The van der Waals surface area contributed by atoms with Gasteiger partial charge in [0, 0.05) is 31.9 Å². The second kappa shape index (κ2) is 9.40. The van der Waals surface area contributed by atoms with Crippen LogP contribution in [0.4, 0.5) is 0 Å². The van der Waals surface area contributed by atoms with E-state index in [1.54, 1.807) is 13.8 Å². The molecule has 8 nitrogen and oxygen atoms in total. The van der Waals surface area contributed by atoms with E-state index in [0.29, 0.717) is 57.1 Å². The minimum absolute atomic E-state index is 0.0997. The van der Waals surface area contributed by atoms with Crippen LogP contribution in [0.5, 0.6) is 0 Å². The van der Waals surface area contributed by atoms with Gasteiger partial charge in [-0.2, -0.15) is 4.31 Å². The molecule has 29 heavy (non-hydrogen) atoms. The Hall–Kier alpha value is -1.71. The molecule has 2 aliphatic rings. The monoisotopic (exact) mass is 424 g/mol. The lowest BCUT2D eigenvalue weighted by Crippen LogP contribution is -2.42. The number of aromatic nitrogens is 1. The van der Waals surface area contributed by atoms with Crippen LogP contribution in [0, 0.1) is 13.8 Å². The number of nitrogens with zero attached hydrogens (tertiary/aromatic N) is 4. The van der Waals surface area contributed by atoms with Crippen molar-refractivity contribution in [3.63, 3.8) is 0 Å². The lowest BCUT2D eigenvalue weighted by atomic mass is 10.0. The molecule has 1 saturated heterocycles. The van der Waals surface area contributed by atoms with E-state index >= 15 is 0 Å². The molecule has 0 spiro atoms. The lowest BCUT2D eigenvalue weighted by molar-refractivity contribution is -0.130. The molecule has 0 saturated carbocycles. The molecular formula is C20H32N4O4S. The smallest absolute Gasteiger partial charge is 0.248 e. The fourth-order valence-electron chi connectivity index (χ4n) is 4.20. The van der Waals surface area contributed by atoms with Crippen molar-refractivity contribution in [1.29, 1.82) is 0 Å². The molecule has 1 aliphatic carbocycles. The molecule has 0 radical (unpaired) electrons. The maximum atomic E-state index is 13.1. The van der Waals surface area contributed by atoms with Gasteiger partial charge in [0.05, 0.1) is 6.54 Å². The molecule has 0 bridgehead atoms. The van der Waals surface area contributed by atoms with Gasteiger partial charge < -0.3 is 9.42 Å². The minimum Gasteiger partial charge on any atom is -0.360 e. The third-order valence-electron chi connectivity index (χ3n) is 5.70. The molecule has 3 rings (SSSR count). The Bertz CT molecular complexity index is 842. The topological polar surface area (TPSA) is 87.0 Å². The van der Waals surface area contributed by atoms with Gasteiger partial charge in [-0.05, 0) is 59.4 Å². The Kier molecular flexibility index (Phi) is 7.13. The lowest BCUT2D eigenvalue weighted by Gasteiger charge is -2.29. The molecule has 0 unspecified atom stereocenters. The molecular weight excluding hydrogens is 392 g/mol. The molecule has 0 N–H and O–H groups in total. The molecule has 1 aliphatic heterocycles. The number of hydrogen-bond donors (Lipinski definition) is 0. The van der Waals surface area contributed by atoms with Gasteiger partial charge in [0.15, 0.2) is 5.76 Å². The van der Waals surface area contributed by atoms with E-state index < -0.39 is 10.0 Å². The van der Waals surface area contributed by atoms with Crippen LogP contribution in [-0.2, 0) is 14.8 Å². The third-order valence-corrected chi connectivity index (χ3v) is 7.85. The van der Waals surface area contributed by atoms with E-state index in [1.165, 1.54) is 10.7 Å². The summed E-state index contributed by atoms with van der Waals surface area (Å²) in [6.07, 6.45) is 7.20. The Labute approximate surface area is 173 Å². The summed E-state index contributed by atoms with van der Waals surface area (Å²) >= 11 is 0. The number of allylic oxidation sites excluding steroid dienone is 2. The van der Waals surface area contributed by atoms with Crippen molar-refractivity contribution in [3.8, 4) is 0 Å². The first-order valence-electron chi connectivity index (χ1n) is 10.5. The van der Waals surface area contributed by atoms with Crippen LogP contribution in [0.15, 0.2) is 21.2 Å². The van der Waals surface area contributed by atoms with Crippen LogP contribution in [0.2, 0.25) is 0 Å². The van der Waals surface area contributed by atoms with E-state index in [9.17, 15) is 13.2 Å². The van der Waals surface area contributed by atoms with Crippen LogP contribution in [0.3, 0.4) is 0 Å². The van der Waals surface area contributed by atoms with Gasteiger partial charge in [-0.25, -0.2) is 8.42 Å². The first kappa shape index (κ1) is 22.0. The largest absolute Gasteiger partial charge is 0.360 e. The molecule has 162 valence electrons. The summed E-state index contributed by atoms with van der Waals surface area (Å²) in [5.74, 6) is 0.417. The fraction of sp³-hybridized carbons (Fsp3) is 0.700. The molecule has 1 aromatic rings. The highest BCUT2D eigenvalue weighted by atomic mass is 32.2. The number of likely N-dealkylation sites (N-methyl/N-ethyl adjacent to an activating group) is 1. The maximum absolute atomic E-state index is 13.1. The van der Waals surface area contributed by atoms with E-state index in [-0.39, 0.29) is 10.8 Å². The van der Waals surface area contributed by atoms with Gasteiger partial charge in [-0.3, -0.25) is 9.69 Å². The van der Waals surface area contributed by atoms with E-state index in [1.807, 2.05) is 11.8 Å². The first-order chi connectivity index (χ1) is 13.8. The average Bonchev–Trinajstić information content (AvgIpc) is 2.89. The number of hydrogen-bond acceptors (Lipinski definition) is 6. The zero-order valence-electron chi connectivity index (χ0n) is 17.7. The van der Waals surface area contributed by atoms with Crippen molar-refractivity contribution in [2.75, 3.05) is 39.3 Å². The van der Waals surface area contributed by atoms with Crippen molar-refractivity contribution in [1.82, 2.24) is 19.3 Å². The van der Waals surface area contributed by atoms with Crippen molar-refractivity contribution < 1.29 is 17.7 Å². The van der Waals surface area contributed by atoms with E-state index in [2.05, 4.69) is 16.1 Å². The molecule has 1 fully saturated rings. The SMILES string of the molecule is CCN(C(=O)CN1CCCN(S(=O)(=O)c2c(C)noc2C)CC1)C1=CCCCC1. The van der Waals surface area contributed by atoms with Crippen molar-refractivity contribution in [3.05, 3.63) is 23.2 Å². The predicted octanol–water partition coefficient (Wildman–Crippen LogP) is 2.29. The maximum Gasteiger partial charge on any atom is 0.248 e. The average molecular weight is 425 g/mol. The predicted molar refractivity (Wildman–Crippen MR) is 110 cm³/mol. The molecule has 0 atom stereocenters. The Balaban J connectivity index is 1.64. The number of sulfonamides is 1. The second-order valence-electron chi connectivity index (χ2n) is 7.77. The van der Waals surface area contributed by atoms with E-state index in [4.69, 9.17) is 4.52 Å². The van der Waals surface area contributed by atoms with Crippen molar-refractivity contribution >= 4 is 15.9 Å². The Morgan fingerprint density at radius 1 is 1.17 bits per heavy atom. The van der Waals surface area contributed by atoms with Crippen molar-refractivity contribution in [2.24, 2.45) is 0 Å². The van der Waals surface area contributed by atoms with Gasteiger partial charge in [0.2, 0.25) is 15.9 Å².